The van der Waals surface area contributed by atoms with Crippen LogP contribution in [0.15, 0.2) is 61.1 Å². The van der Waals surface area contributed by atoms with Gasteiger partial charge in [-0.05, 0) is 65.3 Å². The zero-order chi connectivity index (χ0) is 29.9. The molecule has 11 nitrogen and oxygen atoms in total. The Bertz CT molecular complexity index is 1570. The fourth-order valence-electron chi connectivity index (χ4n) is 4.12. The fraction of sp³-hybridized carbons (Fsp3) is 0.333. The zero-order valence-corrected chi connectivity index (χ0v) is 24.2. The standard InChI is InChI=1S/C30H35N5O6/c1-29(2,3)40-27(37)34-24(18-10-8-11-20(14-18)39-7)26(36)33-23-13-9-12-21-22(16-31-25(21)23)19-15-32-35(17-19)28(38)41-30(4,5)6/h8-17,24,31H,1-7H3,(H,33,36)(H,34,37)/t24-/m0/s1. The van der Waals surface area contributed by atoms with Gasteiger partial charge in [0.25, 0.3) is 5.91 Å². The Morgan fingerprint density at radius 1 is 0.976 bits per heavy atom. The normalized spacial score (nSPS) is 12.5. The third kappa shape index (κ3) is 7.24. The van der Waals surface area contributed by atoms with Crippen molar-refractivity contribution >= 4 is 34.7 Å². The first-order chi connectivity index (χ1) is 19.2. The highest BCUT2D eigenvalue weighted by atomic mass is 16.6. The van der Waals surface area contributed by atoms with E-state index in [9.17, 15) is 14.4 Å². The average molecular weight is 562 g/mol. The Kier molecular flexibility index (Phi) is 8.09. The molecule has 0 bridgehead atoms. The summed E-state index contributed by atoms with van der Waals surface area (Å²) in [6, 6.07) is 11.3. The van der Waals surface area contributed by atoms with Crippen molar-refractivity contribution in [3.63, 3.8) is 0 Å². The molecule has 0 aliphatic heterocycles. The minimum absolute atomic E-state index is 0.481. The van der Waals surface area contributed by atoms with Crippen LogP contribution >= 0.6 is 0 Å². The lowest BCUT2D eigenvalue weighted by Gasteiger charge is -2.24. The van der Waals surface area contributed by atoms with Crippen LogP contribution in [0.3, 0.4) is 0 Å². The lowest BCUT2D eigenvalue weighted by Crippen LogP contribution is -2.40. The molecule has 2 heterocycles. The first-order valence-corrected chi connectivity index (χ1v) is 13.1. The van der Waals surface area contributed by atoms with Gasteiger partial charge in [0.2, 0.25) is 0 Å². The van der Waals surface area contributed by atoms with Crippen LogP contribution in [0.2, 0.25) is 0 Å². The van der Waals surface area contributed by atoms with Crippen LogP contribution in [-0.2, 0) is 14.3 Å². The van der Waals surface area contributed by atoms with Crippen molar-refractivity contribution in [2.24, 2.45) is 0 Å². The SMILES string of the molecule is COc1cccc([C@H](NC(=O)OC(C)(C)C)C(=O)Nc2cccc3c(-c4cnn(C(=O)OC(C)(C)C)c4)c[nH]c23)c1. The summed E-state index contributed by atoms with van der Waals surface area (Å²) in [5, 5.41) is 10.6. The van der Waals surface area contributed by atoms with Crippen molar-refractivity contribution in [2.75, 3.05) is 12.4 Å². The summed E-state index contributed by atoms with van der Waals surface area (Å²) >= 11 is 0. The van der Waals surface area contributed by atoms with Crippen LogP contribution in [0, 0.1) is 0 Å². The van der Waals surface area contributed by atoms with Crippen molar-refractivity contribution in [2.45, 2.75) is 58.8 Å². The highest BCUT2D eigenvalue weighted by Crippen LogP contribution is 2.33. The molecule has 3 N–H and O–H groups in total. The van der Waals surface area contributed by atoms with Crippen LogP contribution in [-0.4, -0.2) is 51.2 Å². The maximum absolute atomic E-state index is 13.6. The minimum atomic E-state index is -1.07. The molecule has 0 fully saturated rings. The van der Waals surface area contributed by atoms with Gasteiger partial charge in [-0.15, -0.1) is 0 Å². The molecule has 4 aromatic rings. The molecule has 0 aliphatic rings. The topological polar surface area (TPSA) is 137 Å². The van der Waals surface area contributed by atoms with E-state index in [4.69, 9.17) is 14.2 Å². The molecular formula is C30H35N5O6. The second kappa shape index (κ2) is 11.4. The van der Waals surface area contributed by atoms with Crippen molar-refractivity contribution in [1.82, 2.24) is 20.1 Å². The summed E-state index contributed by atoms with van der Waals surface area (Å²) in [6.45, 7) is 10.6. The van der Waals surface area contributed by atoms with Gasteiger partial charge in [0, 0.05) is 28.9 Å². The molecule has 2 aromatic carbocycles. The maximum Gasteiger partial charge on any atom is 0.435 e. The van der Waals surface area contributed by atoms with Gasteiger partial charge < -0.3 is 29.8 Å². The number of H-pyrrole nitrogens is 1. The van der Waals surface area contributed by atoms with Crippen LogP contribution in [0.1, 0.15) is 53.1 Å². The molecule has 2 amide bonds. The van der Waals surface area contributed by atoms with Gasteiger partial charge in [0.15, 0.2) is 0 Å². The zero-order valence-electron chi connectivity index (χ0n) is 24.2. The molecular weight excluding hydrogens is 526 g/mol. The van der Waals surface area contributed by atoms with Crippen LogP contribution in [0.5, 0.6) is 5.75 Å². The third-order valence-corrected chi connectivity index (χ3v) is 5.80. The predicted octanol–water partition coefficient (Wildman–Crippen LogP) is 6.03. The monoisotopic (exact) mass is 561 g/mol. The first-order valence-electron chi connectivity index (χ1n) is 13.1. The van der Waals surface area contributed by atoms with Gasteiger partial charge in [-0.25, -0.2) is 9.59 Å². The Hall–Kier alpha value is -4.80. The molecule has 0 radical (unpaired) electrons. The highest BCUT2D eigenvalue weighted by molar-refractivity contribution is 6.07. The Morgan fingerprint density at radius 3 is 2.37 bits per heavy atom. The number of nitrogens with one attached hydrogen (secondary N) is 3. The number of alkyl carbamates (subject to hydrolysis) is 1. The van der Waals surface area contributed by atoms with Crippen LogP contribution in [0.4, 0.5) is 15.3 Å². The minimum Gasteiger partial charge on any atom is -0.497 e. The number of aromatic amines is 1. The summed E-state index contributed by atoms with van der Waals surface area (Å²) in [5.41, 5.74) is 1.73. The lowest BCUT2D eigenvalue weighted by molar-refractivity contribution is -0.118. The van der Waals surface area contributed by atoms with Crippen molar-refractivity contribution < 1.29 is 28.6 Å². The van der Waals surface area contributed by atoms with E-state index >= 15 is 0 Å². The summed E-state index contributed by atoms with van der Waals surface area (Å²) in [6.07, 6.45) is 3.61. The highest BCUT2D eigenvalue weighted by Gasteiger charge is 2.27. The Balaban J connectivity index is 1.62. The molecule has 4 rings (SSSR count). The maximum atomic E-state index is 13.6. The molecule has 41 heavy (non-hydrogen) atoms. The number of amides is 2. The summed E-state index contributed by atoms with van der Waals surface area (Å²) in [5.74, 6) is 0.0554. The van der Waals surface area contributed by atoms with Gasteiger partial charge in [0.1, 0.15) is 23.0 Å². The number of carbonyl (C=O) groups is 3. The Morgan fingerprint density at radius 2 is 1.68 bits per heavy atom. The van der Waals surface area contributed by atoms with E-state index in [-0.39, 0.29) is 0 Å². The number of hydrogen-bond donors (Lipinski definition) is 3. The molecule has 0 saturated heterocycles. The molecule has 2 aromatic heterocycles. The second-order valence-corrected chi connectivity index (χ2v) is 11.4. The van der Waals surface area contributed by atoms with Gasteiger partial charge in [-0.2, -0.15) is 9.78 Å². The number of hydrogen-bond acceptors (Lipinski definition) is 7. The Labute approximate surface area is 238 Å². The van der Waals surface area contributed by atoms with Crippen molar-refractivity contribution in [3.05, 3.63) is 66.6 Å². The van der Waals surface area contributed by atoms with E-state index in [0.717, 1.165) is 15.6 Å². The molecule has 11 heteroatoms. The number of para-hydroxylation sites is 1. The number of rotatable bonds is 6. The quantitative estimate of drug-likeness (QED) is 0.261. The van der Waals surface area contributed by atoms with Gasteiger partial charge in [0.05, 0.1) is 24.5 Å². The van der Waals surface area contributed by atoms with Gasteiger partial charge in [-0.1, -0.05) is 24.3 Å². The number of carbonyl (C=O) groups excluding carboxylic acids is 3. The van der Waals surface area contributed by atoms with Crippen LogP contribution in [0.25, 0.3) is 22.0 Å². The first kappa shape index (κ1) is 29.2. The third-order valence-electron chi connectivity index (χ3n) is 5.80. The van der Waals surface area contributed by atoms with Crippen molar-refractivity contribution in [1.29, 1.82) is 0 Å². The summed E-state index contributed by atoms with van der Waals surface area (Å²) < 4.78 is 17.3. The van der Waals surface area contributed by atoms with E-state index in [0.29, 0.717) is 28.1 Å². The number of methoxy groups -OCH3 is 1. The molecule has 0 aliphatic carbocycles. The van der Waals surface area contributed by atoms with Gasteiger partial charge in [-0.3, -0.25) is 4.79 Å². The molecule has 0 saturated carbocycles. The van der Waals surface area contributed by atoms with Crippen LogP contribution < -0.4 is 15.4 Å². The van der Waals surface area contributed by atoms with E-state index in [2.05, 4.69) is 20.7 Å². The number of fused-ring (bicyclic) bond motifs is 1. The van der Waals surface area contributed by atoms with E-state index in [1.165, 1.54) is 7.11 Å². The molecule has 0 spiro atoms. The molecule has 1 atom stereocenters. The molecule has 0 unspecified atom stereocenters. The van der Waals surface area contributed by atoms with E-state index < -0.39 is 35.3 Å². The predicted molar refractivity (Wildman–Crippen MR) is 155 cm³/mol. The van der Waals surface area contributed by atoms with Gasteiger partial charge >= 0.3 is 12.2 Å². The second-order valence-electron chi connectivity index (χ2n) is 11.4. The average Bonchev–Trinajstić information content (AvgIpc) is 3.53. The number of nitrogens with zero attached hydrogens (tertiary/aromatic N) is 2. The number of ether oxygens (including phenoxy) is 3. The molecule has 216 valence electrons. The smallest absolute Gasteiger partial charge is 0.435 e. The summed E-state index contributed by atoms with van der Waals surface area (Å²) in [7, 11) is 1.52. The largest absolute Gasteiger partial charge is 0.497 e. The van der Waals surface area contributed by atoms with E-state index in [1.54, 1.807) is 96.5 Å². The van der Waals surface area contributed by atoms with E-state index in [1.807, 2.05) is 6.07 Å². The van der Waals surface area contributed by atoms with Crippen molar-refractivity contribution in [3.8, 4) is 16.9 Å². The lowest BCUT2D eigenvalue weighted by atomic mass is 10.0. The fourth-order valence-corrected chi connectivity index (χ4v) is 4.12. The number of aromatic nitrogens is 3. The summed E-state index contributed by atoms with van der Waals surface area (Å²) in [4.78, 5) is 41.9. The number of benzene rings is 2. The number of anilines is 1.